The molecule has 2 rings (SSSR count). The summed E-state index contributed by atoms with van der Waals surface area (Å²) in [4.78, 5) is 11.5. The molecule has 6 heteroatoms. The lowest BCUT2D eigenvalue weighted by molar-refractivity contribution is 0.120. The summed E-state index contributed by atoms with van der Waals surface area (Å²) < 4.78 is 15.6. The normalized spacial score (nSPS) is 10.4. The van der Waals surface area contributed by atoms with Gasteiger partial charge in [-0.05, 0) is 36.1 Å². The molecular weight excluding hydrogens is 363 g/mol. The van der Waals surface area contributed by atoms with Gasteiger partial charge in [0.25, 0.3) is 0 Å². The number of methoxy groups -OCH3 is 1. The van der Waals surface area contributed by atoms with E-state index in [9.17, 15) is 4.79 Å². The number of carbonyl (C=O) groups excluding carboxylic acids is 1. The van der Waals surface area contributed by atoms with Gasteiger partial charge in [-0.2, -0.15) is 0 Å². The van der Waals surface area contributed by atoms with Crippen molar-refractivity contribution in [1.82, 2.24) is 0 Å². The SMILES string of the molecule is CCc1cc(Cl)c(OCc2c(CC)cccc2OC(=O)OC)cc1Cl. The Bertz CT molecular complexity index is 759. The Balaban J connectivity index is 2.28. The van der Waals surface area contributed by atoms with Gasteiger partial charge in [0.1, 0.15) is 18.1 Å². The van der Waals surface area contributed by atoms with Gasteiger partial charge in [-0.1, -0.05) is 49.2 Å². The number of carbonyl (C=O) groups is 1. The van der Waals surface area contributed by atoms with E-state index in [2.05, 4.69) is 4.74 Å². The third-order valence-corrected chi connectivity index (χ3v) is 4.47. The van der Waals surface area contributed by atoms with Gasteiger partial charge in [0.05, 0.1) is 12.1 Å². The van der Waals surface area contributed by atoms with Crippen molar-refractivity contribution < 1.29 is 19.0 Å². The first kappa shape index (κ1) is 19.4. The summed E-state index contributed by atoms with van der Waals surface area (Å²) in [6.07, 6.45) is 0.775. The number of rotatable bonds is 6. The molecule has 0 spiro atoms. The zero-order valence-corrected chi connectivity index (χ0v) is 15.9. The van der Waals surface area contributed by atoms with Crippen molar-refractivity contribution in [2.75, 3.05) is 7.11 Å². The van der Waals surface area contributed by atoms with Gasteiger partial charge in [0.2, 0.25) is 0 Å². The van der Waals surface area contributed by atoms with Gasteiger partial charge in [0, 0.05) is 16.7 Å². The third kappa shape index (κ3) is 4.80. The maximum absolute atomic E-state index is 11.5. The molecule has 0 atom stereocenters. The highest BCUT2D eigenvalue weighted by molar-refractivity contribution is 6.34. The van der Waals surface area contributed by atoms with Gasteiger partial charge >= 0.3 is 6.16 Å². The third-order valence-electron chi connectivity index (χ3n) is 3.82. The Labute approximate surface area is 157 Å². The summed E-state index contributed by atoms with van der Waals surface area (Å²) in [6.45, 7) is 4.21. The Hall–Kier alpha value is -1.91. The summed E-state index contributed by atoms with van der Waals surface area (Å²) in [7, 11) is 1.26. The molecule has 0 aliphatic heterocycles. The minimum atomic E-state index is -0.775. The van der Waals surface area contributed by atoms with Gasteiger partial charge in [0.15, 0.2) is 0 Å². The molecule has 0 saturated carbocycles. The molecular formula is C19H20Cl2O4. The highest BCUT2D eigenvalue weighted by Gasteiger charge is 2.15. The molecule has 0 aliphatic rings. The standard InChI is InChI=1S/C19H20Cl2O4/c1-4-12-7-6-8-17(25-19(22)23-3)14(12)11-24-18-10-15(20)13(5-2)9-16(18)21/h6-10H,4-5,11H2,1-3H3. The van der Waals surface area contributed by atoms with Crippen LogP contribution in [0, 0.1) is 0 Å². The number of benzene rings is 2. The van der Waals surface area contributed by atoms with Gasteiger partial charge in [-0.25, -0.2) is 4.79 Å². The van der Waals surface area contributed by atoms with Crippen LogP contribution in [0.25, 0.3) is 0 Å². The second-order valence-electron chi connectivity index (χ2n) is 5.32. The molecule has 0 heterocycles. The molecule has 0 aromatic heterocycles. The van der Waals surface area contributed by atoms with Crippen LogP contribution in [0.5, 0.6) is 11.5 Å². The van der Waals surface area contributed by atoms with Gasteiger partial charge < -0.3 is 14.2 Å². The van der Waals surface area contributed by atoms with E-state index in [1.165, 1.54) is 7.11 Å². The lowest BCUT2D eigenvalue weighted by Gasteiger charge is -2.15. The van der Waals surface area contributed by atoms with Crippen LogP contribution in [0.1, 0.15) is 30.5 Å². The molecule has 0 amide bonds. The first-order chi connectivity index (χ1) is 12.0. The van der Waals surface area contributed by atoms with E-state index in [1.54, 1.807) is 18.2 Å². The number of halogens is 2. The Morgan fingerprint density at radius 2 is 1.72 bits per heavy atom. The summed E-state index contributed by atoms with van der Waals surface area (Å²) >= 11 is 12.5. The average Bonchev–Trinajstić information content (AvgIpc) is 2.62. The van der Waals surface area contributed by atoms with E-state index in [0.29, 0.717) is 21.5 Å². The van der Waals surface area contributed by atoms with Crippen molar-refractivity contribution >= 4 is 29.4 Å². The van der Waals surface area contributed by atoms with Crippen molar-refractivity contribution in [3.63, 3.8) is 0 Å². The van der Waals surface area contributed by atoms with Gasteiger partial charge in [-0.3, -0.25) is 0 Å². The van der Waals surface area contributed by atoms with E-state index in [1.807, 2.05) is 26.0 Å². The zero-order valence-electron chi connectivity index (χ0n) is 14.4. The summed E-state index contributed by atoms with van der Waals surface area (Å²) in [6, 6.07) is 8.98. The Morgan fingerprint density at radius 3 is 2.36 bits per heavy atom. The lowest BCUT2D eigenvalue weighted by Crippen LogP contribution is -2.11. The van der Waals surface area contributed by atoms with Crippen LogP contribution in [0.3, 0.4) is 0 Å². The average molecular weight is 383 g/mol. The van der Waals surface area contributed by atoms with Crippen LogP contribution in [0.15, 0.2) is 30.3 Å². The topological polar surface area (TPSA) is 44.8 Å². The number of aryl methyl sites for hydroxylation is 2. The largest absolute Gasteiger partial charge is 0.513 e. The molecule has 0 fully saturated rings. The fourth-order valence-electron chi connectivity index (χ4n) is 2.43. The predicted octanol–water partition coefficient (Wildman–Crippen LogP) is 5.84. The van der Waals surface area contributed by atoms with Crippen molar-refractivity contribution in [3.05, 3.63) is 57.1 Å². The van der Waals surface area contributed by atoms with E-state index in [0.717, 1.165) is 29.5 Å². The predicted molar refractivity (Wildman–Crippen MR) is 99.0 cm³/mol. The Kier molecular flexibility index (Phi) is 6.97. The number of hydrogen-bond donors (Lipinski definition) is 0. The lowest BCUT2D eigenvalue weighted by atomic mass is 10.0. The van der Waals surface area contributed by atoms with Crippen molar-refractivity contribution in [2.45, 2.75) is 33.3 Å². The first-order valence-electron chi connectivity index (χ1n) is 7.97. The molecule has 0 N–H and O–H groups in total. The molecule has 0 bridgehead atoms. The molecule has 25 heavy (non-hydrogen) atoms. The first-order valence-corrected chi connectivity index (χ1v) is 8.73. The zero-order chi connectivity index (χ0) is 18.4. The highest BCUT2D eigenvalue weighted by Crippen LogP contribution is 2.33. The second-order valence-corrected chi connectivity index (χ2v) is 6.13. The summed E-state index contributed by atoms with van der Waals surface area (Å²) in [5, 5.41) is 1.10. The van der Waals surface area contributed by atoms with Crippen LogP contribution in [-0.2, 0) is 24.2 Å². The van der Waals surface area contributed by atoms with Crippen LogP contribution in [-0.4, -0.2) is 13.3 Å². The molecule has 134 valence electrons. The van der Waals surface area contributed by atoms with Crippen LogP contribution < -0.4 is 9.47 Å². The van der Waals surface area contributed by atoms with E-state index in [-0.39, 0.29) is 6.61 Å². The number of ether oxygens (including phenoxy) is 3. The Morgan fingerprint density at radius 1 is 1.00 bits per heavy atom. The monoisotopic (exact) mass is 382 g/mol. The molecule has 2 aromatic rings. The summed E-state index contributed by atoms with van der Waals surface area (Å²) in [5.41, 5.74) is 2.73. The highest BCUT2D eigenvalue weighted by atomic mass is 35.5. The summed E-state index contributed by atoms with van der Waals surface area (Å²) in [5.74, 6) is 0.886. The maximum Gasteiger partial charge on any atom is 0.513 e. The molecule has 0 unspecified atom stereocenters. The van der Waals surface area contributed by atoms with Crippen molar-refractivity contribution in [1.29, 1.82) is 0 Å². The minimum Gasteiger partial charge on any atom is -0.487 e. The molecule has 2 aromatic carbocycles. The second kappa shape index (κ2) is 8.97. The van der Waals surface area contributed by atoms with Crippen LogP contribution in [0.2, 0.25) is 10.0 Å². The minimum absolute atomic E-state index is 0.192. The maximum atomic E-state index is 11.5. The van der Waals surface area contributed by atoms with Crippen molar-refractivity contribution in [2.24, 2.45) is 0 Å². The molecule has 0 saturated heterocycles. The van der Waals surface area contributed by atoms with E-state index < -0.39 is 6.16 Å². The fourth-order valence-corrected chi connectivity index (χ4v) is 2.96. The fraction of sp³-hybridized carbons (Fsp3) is 0.316. The number of hydrogen-bond acceptors (Lipinski definition) is 4. The molecule has 0 radical (unpaired) electrons. The van der Waals surface area contributed by atoms with Crippen LogP contribution in [0.4, 0.5) is 4.79 Å². The quantitative estimate of drug-likeness (QED) is 0.464. The molecule has 4 nitrogen and oxygen atoms in total. The smallest absolute Gasteiger partial charge is 0.487 e. The van der Waals surface area contributed by atoms with Crippen molar-refractivity contribution in [3.8, 4) is 11.5 Å². The van der Waals surface area contributed by atoms with Gasteiger partial charge in [-0.15, -0.1) is 0 Å². The van der Waals surface area contributed by atoms with E-state index >= 15 is 0 Å². The van der Waals surface area contributed by atoms with E-state index in [4.69, 9.17) is 32.7 Å². The molecule has 0 aliphatic carbocycles. The van der Waals surface area contributed by atoms with Crippen LogP contribution >= 0.6 is 23.2 Å².